The molecule has 21 heavy (non-hydrogen) atoms. The van der Waals surface area contributed by atoms with Gasteiger partial charge in [0.05, 0.1) is 7.11 Å². The maximum Gasteiger partial charge on any atom is 0.118 e. The lowest BCUT2D eigenvalue weighted by atomic mass is 9.92. The van der Waals surface area contributed by atoms with Crippen LogP contribution in [0.5, 0.6) is 5.75 Å². The summed E-state index contributed by atoms with van der Waals surface area (Å²) in [6.45, 7) is 9.31. The molecule has 1 heterocycles. The van der Waals surface area contributed by atoms with Gasteiger partial charge in [0.1, 0.15) is 5.75 Å². The molecule has 0 unspecified atom stereocenters. The number of hydrogen-bond acceptors (Lipinski definition) is 3. The zero-order chi connectivity index (χ0) is 15.1. The normalized spacial score (nSPS) is 19.2. The van der Waals surface area contributed by atoms with Crippen LogP contribution in [0.3, 0.4) is 0 Å². The Kier molecular flexibility index (Phi) is 6.07. The molecule has 1 aromatic carbocycles. The third-order valence-electron chi connectivity index (χ3n) is 4.91. The molecule has 0 saturated carbocycles. The number of nitrogens with zero attached hydrogens (tertiary/aromatic N) is 1. The monoisotopic (exact) mass is 290 g/mol. The Bertz CT molecular complexity index is 412. The van der Waals surface area contributed by atoms with Crippen molar-refractivity contribution in [1.29, 1.82) is 0 Å². The summed E-state index contributed by atoms with van der Waals surface area (Å²) in [4.78, 5) is 2.64. The Hall–Kier alpha value is -1.06. The number of ether oxygens (including phenoxy) is 1. The van der Waals surface area contributed by atoms with Crippen molar-refractivity contribution in [3.05, 3.63) is 29.8 Å². The molecule has 1 N–H and O–H groups in total. The van der Waals surface area contributed by atoms with Crippen LogP contribution in [-0.4, -0.2) is 43.7 Å². The van der Waals surface area contributed by atoms with Gasteiger partial charge in [-0.15, -0.1) is 0 Å². The van der Waals surface area contributed by atoms with E-state index >= 15 is 0 Å². The molecule has 2 rings (SSSR count). The van der Waals surface area contributed by atoms with Gasteiger partial charge in [-0.2, -0.15) is 0 Å². The maximum atomic E-state index is 5.22. The number of nitrogens with one attached hydrogen (secondary N) is 1. The first-order chi connectivity index (χ1) is 10.2. The van der Waals surface area contributed by atoms with E-state index in [2.05, 4.69) is 48.3 Å². The van der Waals surface area contributed by atoms with Crippen molar-refractivity contribution in [3.63, 3.8) is 0 Å². The third kappa shape index (κ3) is 4.45. The summed E-state index contributed by atoms with van der Waals surface area (Å²) < 4.78 is 5.22. The molecule has 1 aliphatic rings. The average molecular weight is 290 g/mol. The molecule has 3 nitrogen and oxygen atoms in total. The fourth-order valence-corrected chi connectivity index (χ4v) is 3.21. The van der Waals surface area contributed by atoms with Crippen molar-refractivity contribution in [2.24, 2.45) is 0 Å². The predicted octanol–water partition coefficient (Wildman–Crippen LogP) is 3.09. The molecule has 118 valence electrons. The highest BCUT2D eigenvalue weighted by atomic mass is 16.5. The van der Waals surface area contributed by atoms with Gasteiger partial charge in [-0.25, -0.2) is 0 Å². The Morgan fingerprint density at radius 2 is 1.90 bits per heavy atom. The largest absolute Gasteiger partial charge is 0.497 e. The number of hydrogen-bond donors (Lipinski definition) is 1. The second kappa shape index (κ2) is 7.81. The summed E-state index contributed by atoms with van der Waals surface area (Å²) in [5.74, 6) is 0.939. The number of benzene rings is 1. The van der Waals surface area contributed by atoms with Crippen LogP contribution in [-0.2, 0) is 6.42 Å². The summed E-state index contributed by atoms with van der Waals surface area (Å²) in [6.07, 6.45) is 4.79. The van der Waals surface area contributed by atoms with E-state index in [9.17, 15) is 0 Å². The second-order valence-electron chi connectivity index (χ2n) is 6.14. The average Bonchev–Trinajstić information content (AvgIpc) is 2.76. The molecule has 0 aromatic heterocycles. The molecular formula is C18H30N2O. The zero-order valence-corrected chi connectivity index (χ0v) is 13.8. The van der Waals surface area contributed by atoms with Crippen LogP contribution >= 0.6 is 0 Å². The summed E-state index contributed by atoms with van der Waals surface area (Å²) >= 11 is 0. The van der Waals surface area contributed by atoms with Crippen LogP contribution in [0.15, 0.2) is 24.3 Å². The van der Waals surface area contributed by atoms with Gasteiger partial charge in [-0.1, -0.05) is 26.0 Å². The van der Waals surface area contributed by atoms with Crippen LogP contribution in [0.1, 0.15) is 38.7 Å². The third-order valence-corrected chi connectivity index (χ3v) is 4.91. The van der Waals surface area contributed by atoms with E-state index in [0.717, 1.165) is 25.3 Å². The van der Waals surface area contributed by atoms with Gasteiger partial charge < -0.3 is 15.0 Å². The van der Waals surface area contributed by atoms with Crippen LogP contribution in [0.4, 0.5) is 0 Å². The molecule has 0 bridgehead atoms. The summed E-state index contributed by atoms with van der Waals surface area (Å²) in [7, 11) is 1.72. The SMILES string of the molecule is CCC1(CC)CN(CCc2ccc(OC)cc2)CCCN1. The Morgan fingerprint density at radius 3 is 2.52 bits per heavy atom. The van der Waals surface area contributed by atoms with Gasteiger partial charge in [0.2, 0.25) is 0 Å². The predicted molar refractivity (Wildman–Crippen MR) is 89.1 cm³/mol. The van der Waals surface area contributed by atoms with E-state index in [0.29, 0.717) is 5.54 Å². The van der Waals surface area contributed by atoms with Gasteiger partial charge in [-0.3, -0.25) is 0 Å². The lowest BCUT2D eigenvalue weighted by molar-refractivity contribution is 0.199. The molecule has 3 heteroatoms. The highest BCUT2D eigenvalue weighted by molar-refractivity contribution is 5.27. The first-order valence-corrected chi connectivity index (χ1v) is 8.31. The highest BCUT2D eigenvalue weighted by Crippen LogP contribution is 2.20. The maximum absolute atomic E-state index is 5.22. The molecule has 0 atom stereocenters. The van der Waals surface area contributed by atoms with Crippen molar-refractivity contribution >= 4 is 0 Å². The second-order valence-corrected chi connectivity index (χ2v) is 6.14. The molecule has 1 aliphatic heterocycles. The fraction of sp³-hybridized carbons (Fsp3) is 0.667. The van der Waals surface area contributed by atoms with Crippen molar-refractivity contribution in [2.45, 2.75) is 45.1 Å². The zero-order valence-electron chi connectivity index (χ0n) is 13.8. The van der Waals surface area contributed by atoms with Crippen molar-refractivity contribution < 1.29 is 4.74 Å². The van der Waals surface area contributed by atoms with Crippen LogP contribution in [0.2, 0.25) is 0 Å². The minimum absolute atomic E-state index is 0.316. The Labute approximate surface area is 129 Å². The molecule has 0 spiro atoms. The molecule has 0 radical (unpaired) electrons. The van der Waals surface area contributed by atoms with Gasteiger partial charge in [0.25, 0.3) is 0 Å². The number of rotatable bonds is 6. The van der Waals surface area contributed by atoms with Crippen molar-refractivity contribution in [3.8, 4) is 5.75 Å². The molecule has 1 saturated heterocycles. The summed E-state index contributed by atoms with van der Waals surface area (Å²) in [6, 6.07) is 8.48. The Balaban J connectivity index is 1.91. The first kappa shape index (κ1) is 16.3. The molecule has 1 aromatic rings. The van der Waals surface area contributed by atoms with Crippen molar-refractivity contribution in [1.82, 2.24) is 10.2 Å². The lowest BCUT2D eigenvalue weighted by Crippen LogP contribution is -2.50. The van der Waals surface area contributed by atoms with Gasteiger partial charge in [-0.05, 0) is 56.5 Å². The van der Waals surface area contributed by atoms with Crippen LogP contribution in [0, 0.1) is 0 Å². The minimum Gasteiger partial charge on any atom is -0.497 e. The Morgan fingerprint density at radius 1 is 1.19 bits per heavy atom. The lowest BCUT2D eigenvalue weighted by Gasteiger charge is -2.35. The molecule has 0 amide bonds. The smallest absolute Gasteiger partial charge is 0.118 e. The van der Waals surface area contributed by atoms with Gasteiger partial charge >= 0.3 is 0 Å². The van der Waals surface area contributed by atoms with E-state index in [1.165, 1.54) is 37.9 Å². The standard InChI is InChI=1S/C18H30N2O/c1-4-18(5-2)15-20(13-6-12-19-18)14-11-16-7-9-17(21-3)10-8-16/h7-10,19H,4-6,11-15H2,1-3H3. The van der Waals surface area contributed by atoms with Gasteiger partial charge in [0.15, 0.2) is 0 Å². The number of methoxy groups -OCH3 is 1. The fourth-order valence-electron chi connectivity index (χ4n) is 3.21. The van der Waals surface area contributed by atoms with E-state index in [4.69, 9.17) is 4.74 Å². The van der Waals surface area contributed by atoms with Crippen LogP contribution in [0.25, 0.3) is 0 Å². The minimum atomic E-state index is 0.316. The van der Waals surface area contributed by atoms with E-state index in [1.807, 2.05) is 0 Å². The summed E-state index contributed by atoms with van der Waals surface area (Å²) in [5.41, 5.74) is 1.71. The molecule has 1 fully saturated rings. The first-order valence-electron chi connectivity index (χ1n) is 8.31. The van der Waals surface area contributed by atoms with E-state index < -0.39 is 0 Å². The molecule has 0 aliphatic carbocycles. The van der Waals surface area contributed by atoms with Crippen molar-refractivity contribution in [2.75, 3.05) is 33.3 Å². The quantitative estimate of drug-likeness (QED) is 0.871. The van der Waals surface area contributed by atoms with E-state index in [1.54, 1.807) is 7.11 Å². The molecular weight excluding hydrogens is 260 g/mol. The van der Waals surface area contributed by atoms with Gasteiger partial charge in [0, 0.05) is 18.6 Å². The highest BCUT2D eigenvalue weighted by Gasteiger charge is 2.29. The summed E-state index contributed by atoms with van der Waals surface area (Å²) in [5, 5.41) is 3.78. The van der Waals surface area contributed by atoms with E-state index in [-0.39, 0.29) is 0 Å². The topological polar surface area (TPSA) is 24.5 Å². The van der Waals surface area contributed by atoms with Crippen LogP contribution < -0.4 is 10.1 Å².